The molecule has 7 nitrogen and oxygen atoms in total. The van der Waals surface area contributed by atoms with Crippen LogP contribution < -0.4 is 10.1 Å². The van der Waals surface area contributed by atoms with Crippen LogP contribution in [0.15, 0.2) is 61.1 Å². The SMILES string of the molecule is CN(CCO)CCCn1ccc2ncnc(Nc3ccc(OCc4cccc(F)c4)c(Cl)c3)c21. The lowest BCUT2D eigenvalue weighted by Gasteiger charge is -2.16. The Morgan fingerprint density at radius 1 is 1.15 bits per heavy atom. The van der Waals surface area contributed by atoms with Crippen LogP contribution >= 0.6 is 11.6 Å². The van der Waals surface area contributed by atoms with Gasteiger partial charge in [-0.2, -0.15) is 0 Å². The molecule has 0 aliphatic carbocycles. The predicted molar refractivity (Wildman–Crippen MR) is 132 cm³/mol. The van der Waals surface area contributed by atoms with Crippen molar-refractivity contribution in [3.8, 4) is 5.75 Å². The summed E-state index contributed by atoms with van der Waals surface area (Å²) in [6, 6.07) is 13.7. The van der Waals surface area contributed by atoms with E-state index in [9.17, 15) is 4.39 Å². The zero-order valence-corrected chi connectivity index (χ0v) is 19.7. The molecular formula is C25H27ClFN5O2. The number of likely N-dealkylation sites (N-methyl/N-ethyl adjacent to an activating group) is 1. The lowest BCUT2D eigenvalue weighted by atomic mass is 10.2. The van der Waals surface area contributed by atoms with Crippen molar-refractivity contribution in [3.05, 3.63) is 77.5 Å². The van der Waals surface area contributed by atoms with Gasteiger partial charge in [-0.3, -0.25) is 0 Å². The molecule has 9 heteroatoms. The molecule has 34 heavy (non-hydrogen) atoms. The van der Waals surface area contributed by atoms with Crippen molar-refractivity contribution in [3.63, 3.8) is 0 Å². The first kappa shape index (κ1) is 23.9. The summed E-state index contributed by atoms with van der Waals surface area (Å²) in [5.41, 5.74) is 3.25. The van der Waals surface area contributed by atoms with Crippen LogP contribution in [0.5, 0.6) is 5.75 Å². The number of hydrogen-bond donors (Lipinski definition) is 2. The highest BCUT2D eigenvalue weighted by atomic mass is 35.5. The summed E-state index contributed by atoms with van der Waals surface area (Å²) < 4.78 is 21.3. The summed E-state index contributed by atoms with van der Waals surface area (Å²) in [4.78, 5) is 10.9. The molecule has 0 aliphatic heterocycles. The first-order valence-corrected chi connectivity index (χ1v) is 11.4. The van der Waals surface area contributed by atoms with Gasteiger partial charge in [0.25, 0.3) is 0 Å². The highest BCUT2D eigenvalue weighted by Gasteiger charge is 2.11. The maximum atomic E-state index is 13.4. The molecule has 0 fully saturated rings. The van der Waals surface area contributed by atoms with Gasteiger partial charge in [0.15, 0.2) is 5.82 Å². The van der Waals surface area contributed by atoms with Gasteiger partial charge in [0.1, 0.15) is 30.0 Å². The number of aliphatic hydroxyl groups excluding tert-OH is 1. The summed E-state index contributed by atoms with van der Waals surface area (Å²) in [5, 5.41) is 12.8. The number of aliphatic hydroxyl groups is 1. The molecule has 0 amide bonds. The van der Waals surface area contributed by atoms with Crippen molar-refractivity contribution in [1.29, 1.82) is 0 Å². The van der Waals surface area contributed by atoms with Crippen LogP contribution in [-0.4, -0.2) is 51.3 Å². The normalized spacial score (nSPS) is 11.3. The van der Waals surface area contributed by atoms with E-state index in [0.717, 1.165) is 41.8 Å². The second-order valence-corrected chi connectivity index (χ2v) is 8.44. The Labute approximate surface area is 202 Å². The summed E-state index contributed by atoms with van der Waals surface area (Å²) in [7, 11) is 2.00. The third-order valence-electron chi connectivity index (χ3n) is 5.45. The van der Waals surface area contributed by atoms with E-state index >= 15 is 0 Å². The number of aromatic nitrogens is 3. The summed E-state index contributed by atoms with van der Waals surface area (Å²) in [5.74, 6) is 0.896. The first-order chi connectivity index (χ1) is 16.5. The highest BCUT2D eigenvalue weighted by Crippen LogP contribution is 2.31. The number of nitrogens with one attached hydrogen (secondary N) is 1. The fraction of sp³-hybridized carbons (Fsp3) is 0.280. The number of nitrogens with zero attached hydrogens (tertiary/aromatic N) is 4. The average molecular weight is 484 g/mol. The van der Waals surface area contributed by atoms with Gasteiger partial charge < -0.3 is 24.6 Å². The van der Waals surface area contributed by atoms with Gasteiger partial charge in [-0.25, -0.2) is 14.4 Å². The first-order valence-electron chi connectivity index (χ1n) is 11.1. The lowest BCUT2D eigenvalue weighted by Crippen LogP contribution is -2.24. The predicted octanol–water partition coefficient (Wildman–Crippen LogP) is 4.86. The maximum Gasteiger partial charge on any atom is 0.158 e. The molecule has 2 N–H and O–H groups in total. The van der Waals surface area contributed by atoms with Crippen molar-refractivity contribution in [2.75, 3.05) is 32.1 Å². The van der Waals surface area contributed by atoms with Crippen LogP contribution in [-0.2, 0) is 13.2 Å². The van der Waals surface area contributed by atoms with Crippen molar-refractivity contribution >= 4 is 34.1 Å². The molecule has 0 spiro atoms. The fourth-order valence-electron chi connectivity index (χ4n) is 3.72. The molecule has 178 valence electrons. The second kappa shape index (κ2) is 11.3. The van der Waals surface area contributed by atoms with E-state index in [-0.39, 0.29) is 19.0 Å². The zero-order chi connectivity index (χ0) is 23.9. The standard InChI is InChI=1S/C25H27ClFN5O2/c1-31(12-13-33)9-3-10-32-11-8-22-24(32)25(29-17-28-22)30-20-6-7-23(21(26)15-20)34-16-18-4-2-5-19(27)14-18/h2,4-8,11,14-15,17,33H,3,9-10,12-13,16H2,1H3,(H,28,29,30). The van der Waals surface area contributed by atoms with Crippen LogP contribution in [0.1, 0.15) is 12.0 Å². The third-order valence-corrected chi connectivity index (χ3v) is 5.74. The molecule has 2 heterocycles. The monoisotopic (exact) mass is 483 g/mol. The molecule has 4 aromatic rings. The van der Waals surface area contributed by atoms with E-state index in [1.165, 1.54) is 18.5 Å². The van der Waals surface area contributed by atoms with Crippen LogP contribution in [0.3, 0.4) is 0 Å². The van der Waals surface area contributed by atoms with Crippen molar-refractivity contribution in [2.24, 2.45) is 0 Å². The van der Waals surface area contributed by atoms with E-state index in [2.05, 4.69) is 24.8 Å². The van der Waals surface area contributed by atoms with Crippen LogP contribution in [0.2, 0.25) is 5.02 Å². The van der Waals surface area contributed by atoms with Gasteiger partial charge >= 0.3 is 0 Å². The van der Waals surface area contributed by atoms with Crippen molar-refractivity contribution in [1.82, 2.24) is 19.4 Å². The molecular weight excluding hydrogens is 457 g/mol. The number of rotatable bonds is 11. The Morgan fingerprint density at radius 3 is 2.82 bits per heavy atom. The van der Waals surface area contributed by atoms with Crippen molar-refractivity contribution < 1.29 is 14.2 Å². The van der Waals surface area contributed by atoms with Gasteiger partial charge in [0.2, 0.25) is 0 Å². The van der Waals surface area contributed by atoms with Gasteiger partial charge in [0, 0.05) is 25.0 Å². The largest absolute Gasteiger partial charge is 0.487 e. The fourth-order valence-corrected chi connectivity index (χ4v) is 3.96. The van der Waals surface area contributed by atoms with Crippen molar-refractivity contribution in [2.45, 2.75) is 19.6 Å². The lowest BCUT2D eigenvalue weighted by molar-refractivity contribution is 0.218. The van der Waals surface area contributed by atoms with Gasteiger partial charge in [0.05, 0.1) is 17.1 Å². The molecule has 0 bridgehead atoms. The van der Waals surface area contributed by atoms with E-state index < -0.39 is 0 Å². The molecule has 0 unspecified atom stereocenters. The third kappa shape index (κ3) is 6.02. The molecule has 2 aromatic heterocycles. The van der Waals surface area contributed by atoms with Gasteiger partial charge in [-0.05, 0) is 62.0 Å². The quantitative estimate of drug-likeness (QED) is 0.317. The summed E-state index contributed by atoms with van der Waals surface area (Å²) in [6.07, 6.45) is 4.47. The Kier molecular flexibility index (Phi) is 7.95. The van der Waals surface area contributed by atoms with Crippen LogP contribution in [0.4, 0.5) is 15.9 Å². The average Bonchev–Trinajstić information content (AvgIpc) is 3.23. The Morgan fingerprint density at radius 2 is 2.03 bits per heavy atom. The molecule has 2 aromatic carbocycles. The summed E-state index contributed by atoms with van der Waals surface area (Å²) >= 11 is 6.45. The molecule has 0 saturated carbocycles. The van der Waals surface area contributed by atoms with E-state index in [4.69, 9.17) is 21.4 Å². The van der Waals surface area contributed by atoms with E-state index in [0.29, 0.717) is 23.1 Å². The molecule has 0 aliphatic rings. The number of anilines is 2. The number of hydrogen-bond acceptors (Lipinski definition) is 6. The molecule has 0 saturated heterocycles. The molecule has 0 radical (unpaired) electrons. The minimum absolute atomic E-state index is 0.155. The number of benzene rings is 2. The number of aryl methyl sites for hydroxylation is 1. The smallest absolute Gasteiger partial charge is 0.158 e. The second-order valence-electron chi connectivity index (χ2n) is 8.03. The zero-order valence-electron chi connectivity index (χ0n) is 18.9. The summed E-state index contributed by atoms with van der Waals surface area (Å²) in [6.45, 7) is 2.71. The number of fused-ring (bicyclic) bond motifs is 1. The molecule has 4 rings (SSSR count). The van der Waals surface area contributed by atoms with E-state index in [1.54, 1.807) is 24.3 Å². The van der Waals surface area contributed by atoms with Crippen LogP contribution in [0.25, 0.3) is 11.0 Å². The molecule has 0 atom stereocenters. The minimum atomic E-state index is -0.301. The van der Waals surface area contributed by atoms with Gasteiger partial charge in [-0.15, -0.1) is 0 Å². The Hall–Kier alpha value is -3.20. The van der Waals surface area contributed by atoms with Gasteiger partial charge in [-0.1, -0.05) is 23.7 Å². The highest BCUT2D eigenvalue weighted by molar-refractivity contribution is 6.32. The Balaban J connectivity index is 1.45. The topological polar surface area (TPSA) is 75.4 Å². The van der Waals surface area contributed by atoms with E-state index in [1.807, 2.05) is 25.4 Å². The number of halogens is 2. The Bertz CT molecular complexity index is 1250. The maximum absolute atomic E-state index is 13.4. The minimum Gasteiger partial charge on any atom is -0.487 e. The van der Waals surface area contributed by atoms with Crippen LogP contribution in [0, 0.1) is 5.82 Å². The number of ether oxygens (including phenoxy) is 1.